The van der Waals surface area contributed by atoms with Gasteiger partial charge in [0.05, 0.1) is 10.6 Å². The maximum Gasteiger partial charge on any atom is 0.272 e. The lowest BCUT2D eigenvalue weighted by atomic mass is 10.1. The van der Waals surface area contributed by atoms with E-state index in [1.807, 2.05) is 36.4 Å². The molecule has 0 spiro atoms. The average Bonchev–Trinajstić information content (AvgIpc) is 2.71. The number of carbonyl (C=O) groups excluding carboxylic acids is 2. The van der Waals surface area contributed by atoms with E-state index < -0.39 is 11.8 Å². The van der Waals surface area contributed by atoms with Gasteiger partial charge in [-0.05, 0) is 60.2 Å². The summed E-state index contributed by atoms with van der Waals surface area (Å²) >= 11 is 12.9. The smallest absolute Gasteiger partial charge is 0.272 e. The normalized spacial score (nSPS) is 11.1. The van der Waals surface area contributed by atoms with E-state index in [1.54, 1.807) is 42.5 Å². The second kappa shape index (κ2) is 9.87. The van der Waals surface area contributed by atoms with Crippen molar-refractivity contribution < 1.29 is 9.59 Å². The van der Waals surface area contributed by atoms with Crippen molar-refractivity contribution in [2.75, 3.05) is 5.32 Å². The van der Waals surface area contributed by atoms with Gasteiger partial charge < -0.3 is 10.6 Å². The van der Waals surface area contributed by atoms with Crippen molar-refractivity contribution in [3.63, 3.8) is 0 Å². The van der Waals surface area contributed by atoms with Gasteiger partial charge >= 0.3 is 0 Å². The van der Waals surface area contributed by atoms with E-state index >= 15 is 0 Å². The Labute approximate surface area is 190 Å². The van der Waals surface area contributed by atoms with E-state index in [4.69, 9.17) is 11.6 Å². The molecule has 7 heteroatoms. The van der Waals surface area contributed by atoms with Crippen LogP contribution in [0.15, 0.2) is 87.4 Å². The van der Waals surface area contributed by atoms with Crippen molar-refractivity contribution in [1.29, 1.82) is 0 Å². The quantitative estimate of drug-likeness (QED) is 0.379. The van der Waals surface area contributed by atoms with Gasteiger partial charge in [-0.25, -0.2) is 0 Å². The number of nitrogens with one attached hydrogen (secondary N) is 2. The molecule has 3 aromatic carbocycles. The molecule has 0 aliphatic heterocycles. The van der Waals surface area contributed by atoms with Crippen LogP contribution in [0.2, 0.25) is 5.02 Å². The molecule has 0 aliphatic carbocycles. The number of rotatable bonds is 5. The molecule has 3 aromatic rings. The Bertz CT molecular complexity index is 1060. The van der Waals surface area contributed by atoms with Crippen molar-refractivity contribution in [2.45, 2.75) is 0 Å². The van der Waals surface area contributed by atoms with Gasteiger partial charge in [-0.1, -0.05) is 67.7 Å². The predicted molar refractivity (Wildman–Crippen MR) is 124 cm³/mol. The fourth-order valence-corrected chi connectivity index (χ4v) is 3.20. The van der Waals surface area contributed by atoms with Crippen LogP contribution in [0.3, 0.4) is 0 Å². The summed E-state index contributed by atoms with van der Waals surface area (Å²) in [5.41, 5.74) is 1.74. The summed E-state index contributed by atoms with van der Waals surface area (Å²) < 4.78 is 1.81. The van der Waals surface area contributed by atoms with Gasteiger partial charge in [-0.3, -0.25) is 9.59 Å². The first-order chi connectivity index (χ1) is 13.9. The molecule has 0 atom stereocenters. The van der Waals surface area contributed by atoms with Gasteiger partial charge in [0.1, 0.15) is 5.70 Å². The molecule has 0 saturated heterocycles. The fourth-order valence-electron chi connectivity index (χ4n) is 2.45. The third-order valence-corrected chi connectivity index (χ3v) is 5.28. The average molecular weight is 535 g/mol. The van der Waals surface area contributed by atoms with E-state index in [0.29, 0.717) is 10.7 Å². The second-order valence-corrected chi connectivity index (χ2v) is 8.24. The number of halogens is 3. The third kappa shape index (κ3) is 6.03. The number of anilines is 1. The van der Waals surface area contributed by atoms with Gasteiger partial charge in [0.15, 0.2) is 0 Å². The predicted octanol–water partition coefficient (Wildman–Crippen LogP) is 6.27. The molecule has 2 amide bonds. The van der Waals surface area contributed by atoms with Gasteiger partial charge in [0.2, 0.25) is 0 Å². The molecule has 0 radical (unpaired) electrons. The molecule has 0 fully saturated rings. The minimum absolute atomic E-state index is 0.0974. The monoisotopic (exact) mass is 532 g/mol. The molecule has 4 nitrogen and oxygen atoms in total. The summed E-state index contributed by atoms with van der Waals surface area (Å²) in [6.07, 6.45) is 1.61. The number of carbonyl (C=O) groups is 2. The van der Waals surface area contributed by atoms with Crippen LogP contribution in [0.5, 0.6) is 0 Å². The standard InChI is InChI=1S/C22H15Br2ClN2O2/c23-15-7-5-14(6-8-15)13-20(22(29)26-17-11-9-16(24)10-12-17)27-21(28)18-3-1-2-4-19(18)25/h1-13H,(H,26,29)(H,27,28). The molecule has 0 heterocycles. The second-order valence-electron chi connectivity index (χ2n) is 6.00. The van der Waals surface area contributed by atoms with Crippen LogP contribution in [-0.2, 0) is 4.79 Å². The van der Waals surface area contributed by atoms with Crippen LogP contribution in [0.25, 0.3) is 6.08 Å². The summed E-state index contributed by atoms with van der Waals surface area (Å²) in [5, 5.41) is 5.77. The minimum atomic E-state index is -0.468. The Kier molecular flexibility index (Phi) is 7.25. The first-order valence-corrected chi connectivity index (χ1v) is 10.5. The van der Waals surface area contributed by atoms with Gasteiger partial charge in [-0.15, -0.1) is 0 Å². The molecule has 0 unspecified atom stereocenters. The molecule has 29 heavy (non-hydrogen) atoms. The molecule has 146 valence electrons. The summed E-state index contributed by atoms with van der Waals surface area (Å²) in [5.74, 6) is -0.916. The highest BCUT2D eigenvalue weighted by Crippen LogP contribution is 2.18. The zero-order valence-electron chi connectivity index (χ0n) is 15.0. The molecular formula is C22H15Br2ClN2O2. The highest BCUT2D eigenvalue weighted by molar-refractivity contribution is 9.10. The van der Waals surface area contributed by atoms with Gasteiger partial charge in [0.25, 0.3) is 11.8 Å². The Morgan fingerprint density at radius 3 is 2.03 bits per heavy atom. The van der Waals surface area contributed by atoms with Crippen molar-refractivity contribution in [3.05, 3.63) is 104 Å². The van der Waals surface area contributed by atoms with Crippen LogP contribution < -0.4 is 10.6 Å². The number of hydrogen-bond donors (Lipinski definition) is 2. The number of benzene rings is 3. The maximum absolute atomic E-state index is 12.9. The molecule has 3 rings (SSSR count). The minimum Gasteiger partial charge on any atom is -0.321 e. The largest absolute Gasteiger partial charge is 0.321 e. The van der Waals surface area contributed by atoms with Crippen LogP contribution in [-0.4, -0.2) is 11.8 Å². The lowest BCUT2D eigenvalue weighted by Crippen LogP contribution is -2.30. The highest BCUT2D eigenvalue weighted by Gasteiger charge is 2.16. The zero-order valence-corrected chi connectivity index (χ0v) is 18.9. The lowest BCUT2D eigenvalue weighted by molar-refractivity contribution is -0.113. The number of amides is 2. The van der Waals surface area contributed by atoms with Gasteiger partial charge in [-0.2, -0.15) is 0 Å². The van der Waals surface area contributed by atoms with E-state index in [9.17, 15) is 9.59 Å². The Morgan fingerprint density at radius 1 is 0.828 bits per heavy atom. The van der Waals surface area contributed by atoms with Crippen molar-refractivity contribution in [1.82, 2.24) is 5.32 Å². The maximum atomic E-state index is 12.9. The molecule has 0 saturated carbocycles. The Hall–Kier alpha value is -2.41. The summed E-state index contributed by atoms with van der Waals surface area (Å²) in [7, 11) is 0. The topological polar surface area (TPSA) is 58.2 Å². The molecule has 0 aliphatic rings. The zero-order chi connectivity index (χ0) is 20.8. The summed E-state index contributed by atoms with van der Waals surface area (Å²) in [6, 6.07) is 21.2. The van der Waals surface area contributed by atoms with E-state index in [2.05, 4.69) is 42.5 Å². The van der Waals surface area contributed by atoms with Crippen LogP contribution in [0.1, 0.15) is 15.9 Å². The van der Waals surface area contributed by atoms with E-state index in [0.717, 1.165) is 14.5 Å². The van der Waals surface area contributed by atoms with Crippen LogP contribution in [0, 0.1) is 0 Å². The van der Waals surface area contributed by atoms with Crippen molar-refractivity contribution in [2.24, 2.45) is 0 Å². The van der Waals surface area contributed by atoms with Crippen LogP contribution >= 0.6 is 43.5 Å². The molecule has 0 aromatic heterocycles. The first-order valence-electron chi connectivity index (χ1n) is 8.52. The molecular weight excluding hydrogens is 520 g/mol. The first kappa shape index (κ1) is 21.3. The SMILES string of the molecule is O=C(Nc1ccc(Br)cc1)C(=Cc1ccc(Br)cc1)NC(=O)c1ccccc1Cl. The fraction of sp³-hybridized carbons (Fsp3) is 0. The number of hydrogen-bond acceptors (Lipinski definition) is 2. The Balaban J connectivity index is 1.89. The van der Waals surface area contributed by atoms with Crippen LogP contribution in [0.4, 0.5) is 5.69 Å². The van der Waals surface area contributed by atoms with Gasteiger partial charge in [0, 0.05) is 14.6 Å². The Morgan fingerprint density at radius 2 is 1.41 bits per heavy atom. The van der Waals surface area contributed by atoms with E-state index in [1.165, 1.54) is 0 Å². The third-order valence-electron chi connectivity index (χ3n) is 3.89. The molecule has 2 N–H and O–H groups in total. The summed E-state index contributed by atoms with van der Waals surface area (Å²) in [6.45, 7) is 0. The van der Waals surface area contributed by atoms with Crippen molar-refractivity contribution >= 4 is 67.0 Å². The lowest BCUT2D eigenvalue weighted by Gasteiger charge is -2.12. The molecule has 0 bridgehead atoms. The van der Waals surface area contributed by atoms with Crippen molar-refractivity contribution in [3.8, 4) is 0 Å². The highest BCUT2D eigenvalue weighted by atomic mass is 79.9. The summed E-state index contributed by atoms with van der Waals surface area (Å²) in [4.78, 5) is 25.6. The van der Waals surface area contributed by atoms with E-state index in [-0.39, 0.29) is 11.3 Å².